The molecule has 106 valence electrons. The van der Waals surface area contributed by atoms with Crippen LogP contribution in [0.4, 0.5) is 14.9 Å². The molecule has 1 amide bonds. The smallest absolute Gasteiger partial charge is 0.414 e. The summed E-state index contributed by atoms with van der Waals surface area (Å²) in [7, 11) is 1.41. The van der Waals surface area contributed by atoms with E-state index >= 15 is 0 Å². The van der Waals surface area contributed by atoms with Crippen molar-refractivity contribution < 1.29 is 13.9 Å². The van der Waals surface area contributed by atoms with Gasteiger partial charge in [-0.25, -0.2) is 9.18 Å². The van der Waals surface area contributed by atoms with Crippen molar-refractivity contribution in [2.75, 3.05) is 11.9 Å². The highest BCUT2D eigenvalue weighted by molar-refractivity contribution is 5.87. The maximum Gasteiger partial charge on any atom is 0.414 e. The molecule has 2 aromatic carbocycles. The maximum absolute atomic E-state index is 13.8. The summed E-state index contributed by atoms with van der Waals surface area (Å²) < 4.78 is 18.9. The number of carbonyl (C=O) groups excluding carboxylic acids is 1. The Balaban J connectivity index is 2.04. The molecule has 0 saturated carbocycles. The minimum atomic E-state index is -0.664. The summed E-state index contributed by atoms with van der Waals surface area (Å²) in [5, 5.41) is 8.69. The molecule has 0 radical (unpaired) electrons. The molecule has 0 spiro atoms. The number of benzene rings is 2. The van der Waals surface area contributed by atoms with Gasteiger partial charge in [0, 0.05) is 7.05 Å². The second-order valence-electron chi connectivity index (χ2n) is 4.38. The Morgan fingerprint density at radius 1 is 1.29 bits per heavy atom. The van der Waals surface area contributed by atoms with E-state index in [1.807, 2.05) is 36.4 Å². The quantitative estimate of drug-likeness (QED) is 0.867. The SMILES string of the molecule is CN(C(=O)OCc1ccccc1)c1ccc(C#N)cc1F. The number of hydrogen-bond donors (Lipinski definition) is 0. The molecule has 0 saturated heterocycles. The van der Waals surface area contributed by atoms with Crippen LogP contribution < -0.4 is 4.90 Å². The molecule has 0 aliphatic rings. The van der Waals surface area contributed by atoms with Crippen molar-refractivity contribution in [2.45, 2.75) is 6.61 Å². The summed E-state index contributed by atoms with van der Waals surface area (Å²) in [6, 6.07) is 14.9. The summed E-state index contributed by atoms with van der Waals surface area (Å²) in [4.78, 5) is 13.0. The number of ether oxygens (including phenoxy) is 1. The van der Waals surface area contributed by atoms with Gasteiger partial charge in [-0.15, -0.1) is 0 Å². The third kappa shape index (κ3) is 3.57. The number of carbonyl (C=O) groups is 1. The topological polar surface area (TPSA) is 53.3 Å². The van der Waals surface area contributed by atoms with Gasteiger partial charge in [-0.3, -0.25) is 4.90 Å². The normalized spacial score (nSPS) is 9.76. The molecule has 0 aliphatic carbocycles. The minimum absolute atomic E-state index is 0.0621. The van der Waals surface area contributed by atoms with E-state index in [0.29, 0.717) is 0 Å². The maximum atomic E-state index is 13.8. The van der Waals surface area contributed by atoms with Gasteiger partial charge in [0.15, 0.2) is 0 Å². The van der Waals surface area contributed by atoms with Crippen molar-refractivity contribution in [1.29, 1.82) is 5.26 Å². The summed E-state index contributed by atoms with van der Waals surface area (Å²) in [5.74, 6) is -0.645. The van der Waals surface area contributed by atoms with Gasteiger partial charge in [-0.2, -0.15) is 5.26 Å². The Morgan fingerprint density at radius 3 is 2.62 bits per heavy atom. The second kappa shape index (κ2) is 6.53. The highest BCUT2D eigenvalue weighted by Gasteiger charge is 2.16. The molecular weight excluding hydrogens is 271 g/mol. The lowest BCUT2D eigenvalue weighted by Crippen LogP contribution is -2.27. The molecule has 0 bridgehead atoms. The lowest BCUT2D eigenvalue weighted by Gasteiger charge is -2.17. The van der Waals surface area contributed by atoms with Crippen molar-refractivity contribution in [1.82, 2.24) is 0 Å². The molecule has 0 atom stereocenters. The minimum Gasteiger partial charge on any atom is -0.444 e. The van der Waals surface area contributed by atoms with E-state index < -0.39 is 11.9 Å². The fourth-order valence-corrected chi connectivity index (χ4v) is 1.76. The molecule has 0 fully saturated rings. The van der Waals surface area contributed by atoms with Crippen LogP contribution in [0.3, 0.4) is 0 Å². The molecule has 5 heteroatoms. The highest BCUT2D eigenvalue weighted by Crippen LogP contribution is 2.20. The second-order valence-corrected chi connectivity index (χ2v) is 4.38. The van der Waals surface area contributed by atoms with Crippen LogP contribution in [0.25, 0.3) is 0 Å². The zero-order valence-electron chi connectivity index (χ0n) is 11.4. The van der Waals surface area contributed by atoms with Gasteiger partial charge >= 0.3 is 6.09 Å². The molecule has 2 rings (SSSR count). The average molecular weight is 284 g/mol. The van der Waals surface area contributed by atoms with Gasteiger partial charge in [-0.05, 0) is 23.8 Å². The number of rotatable bonds is 3. The van der Waals surface area contributed by atoms with Gasteiger partial charge in [0.2, 0.25) is 0 Å². The van der Waals surface area contributed by atoms with Gasteiger partial charge in [0.25, 0.3) is 0 Å². The Bertz CT molecular complexity index is 680. The molecule has 0 unspecified atom stereocenters. The number of hydrogen-bond acceptors (Lipinski definition) is 3. The van der Waals surface area contributed by atoms with E-state index in [1.165, 1.54) is 19.2 Å². The lowest BCUT2D eigenvalue weighted by molar-refractivity contribution is 0.148. The molecule has 21 heavy (non-hydrogen) atoms. The molecule has 4 nitrogen and oxygen atoms in total. The number of nitrogens with zero attached hydrogens (tertiary/aromatic N) is 2. The van der Waals surface area contributed by atoms with Crippen LogP contribution in [0.5, 0.6) is 0 Å². The Hall–Kier alpha value is -2.87. The van der Waals surface area contributed by atoms with Crippen LogP contribution in [-0.2, 0) is 11.3 Å². The molecule has 0 aromatic heterocycles. The van der Waals surface area contributed by atoms with Crippen molar-refractivity contribution >= 4 is 11.8 Å². The largest absolute Gasteiger partial charge is 0.444 e. The van der Waals surface area contributed by atoms with Gasteiger partial charge in [0.05, 0.1) is 17.3 Å². The van der Waals surface area contributed by atoms with E-state index in [2.05, 4.69) is 0 Å². The van der Waals surface area contributed by atoms with Crippen molar-refractivity contribution in [3.05, 3.63) is 65.5 Å². The first kappa shape index (κ1) is 14.5. The Labute approximate surface area is 122 Å². The monoisotopic (exact) mass is 284 g/mol. The predicted octanol–water partition coefficient (Wildman–Crippen LogP) is 3.47. The van der Waals surface area contributed by atoms with Crippen LogP contribution in [0.1, 0.15) is 11.1 Å². The first-order chi connectivity index (χ1) is 10.1. The van der Waals surface area contributed by atoms with Crippen LogP contribution in [0.15, 0.2) is 48.5 Å². The van der Waals surface area contributed by atoms with E-state index in [-0.39, 0.29) is 17.9 Å². The fraction of sp³-hybridized carbons (Fsp3) is 0.125. The lowest BCUT2D eigenvalue weighted by atomic mass is 10.2. The van der Waals surface area contributed by atoms with Crippen LogP contribution in [0, 0.1) is 17.1 Å². The van der Waals surface area contributed by atoms with E-state index in [0.717, 1.165) is 16.5 Å². The number of nitriles is 1. The standard InChI is InChI=1S/C16H13FN2O2/c1-19(15-8-7-13(10-18)9-14(15)17)16(20)21-11-12-5-3-2-4-6-12/h2-9H,11H2,1H3. The van der Waals surface area contributed by atoms with Crippen molar-refractivity contribution in [3.8, 4) is 6.07 Å². The van der Waals surface area contributed by atoms with Crippen LogP contribution in [0.2, 0.25) is 0 Å². The molecular formula is C16H13FN2O2. The summed E-state index contributed by atoms with van der Waals surface area (Å²) >= 11 is 0. The number of anilines is 1. The average Bonchev–Trinajstić information content (AvgIpc) is 2.52. The first-order valence-electron chi connectivity index (χ1n) is 6.26. The van der Waals surface area contributed by atoms with Gasteiger partial charge in [0.1, 0.15) is 12.4 Å². The third-order valence-electron chi connectivity index (χ3n) is 2.92. The zero-order chi connectivity index (χ0) is 15.2. The van der Waals surface area contributed by atoms with E-state index in [4.69, 9.17) is 10.00 Å². The van der Waals surface area contributed by atoms with Crippen molar-refractivity contribution in [3.63, 3.8) is 0 Å². The van der Waals surface area contributed by atoms with E-state index in [1.54, 1.807) is 0 Å². The molecule has 0 heterocycles. The Morgan fingerprint density at radius 2 is 2.00 bits per heavy atom. The summed E-state index contributed by atoms with van der Waals surface area (Å²) in [5.41, 5.74) is 1.11. The molecule has 2 aromatic rings. The summed E-state index contributed by atoms with van der Waals surface area (Å²) in [6.45, 7) is 0.113. The number of amides is 1. The first-order valence-corrected chi connectivity index (χ1v) is 6.26. The Kier molecular flexibility index (Phi) is 4.52. The fourth-order valence-electron chi connectivity index (χ4n) is 1.76. The predicted molar refractivity (Wildman–Crippen MR) is 76.1 cm³/mol. The highest BCUT2D eigenvalue weighted by atomic mass is 19.1. The number of halogens is 1. The third-order valence-corrected chi connectivity index (χ3v) is 2.92. The zero-order valence-corrected chi connectivity index (χ0v) is 11.4. The van der Waals surface area contributed by atoms with Crippen LogP contribution in [-0.4, -0.2) is 13.1 Å². The van der Waals surface area contributed by atoms with Gasteiger partial charge in [-0.1, -0.05) is 30.3 Å². The van der Waals surface area contributed by atoms with Crippen molar-refractivity contribution in [2.24, 2.45) is 0 Å². The summed E-state index contributed by atoms with van der Waals surface area (Å²) in [6.07, 6.45) is -0.664. The van der Waals surface area contributed by atoms with E-state index in [9.17, 15) is 9.18 Å². The molecule has 0 aliphatic heterocycles. The van der Waals surface area contributed by atoms with Gasteiger partial charge < -0.3 is 4.74 Å². The van der Waals surface area contributed by atoms with Crippen LogP contribution >= 0.6 is 0 Å². The molecule has 0 N–H and O–H groups in total.